The van der Waals surface area contributed by atoms with Crippen molar-refractivity contribution in [2.45, 2.75) is 32.4 Å². The van der Waals surface area contributed by atoms with Crippen LogP contribution in [0.2, 0.25) is 0 Å². The van der Waals surface area contributed by atoms with E-state index in [4.69, 9.17) is 9.73 Å². The normalized spacial score (nSPS) is 23.0. The second kappa shape index (κ2) is 9.03. The molecule has 0 radical (unpaired) electrons. The van der Waals surface area contributed by atoms with Gasteiger partial charge in [-0.05, 0) is 25.8 Å². The number of hydrogen-bond acceptors (Lipinski definition) is 4. The van der Waals surface area contributed by atoms with Crippen molar-refractivity contribution in [3.63, 3.8) is 0 Å². The van der Waals surface area contributed by atoms with Crippen LogP contribution < -0.4 is 5.32 Å². The van der Waals surface area contributed by atoms with Crippen LogP contribution in [-0.4, -0.2) is 84.1 Å². The van der Waals surface area contributed by atoms with Gasteiger partial charge in [0.25, 0.3) is 0 Å². The molecule has 2 saturated heterocycles. The number of likely N-dealkylation sites (tertiary alicyclic amines) is 1. The first kappa shape index (κ1) is 17.2. The van der Waals surface area contributed by atoms with E-state index in [1.807, 2.05) is 23.1 Å². The van der Waals surface area contributed by atoms with Crippen LogP contribution in [-0.2, 0) is 11.3 Å². The number of nitrogens with one attached hydrogen (secondary N) is 1. The molecule has 3 heterocycles. The molecule has 1 aromatic rings. The molecule has 0 bridgehead atoms. The van der Waals surface area contributed by atoms with Crippen LogP contribution in [0, 0.1) is 0 Å². The fraction of sp³-hybridized carbons (Fsp3) is 0.765. The zero-order valence-corrected chi connectivity index (χ0v) is 14.7. The Bertz CT molecular complexity index is 497. The Balaban J connectivity index is 1.48. The lowest BCUT2D eigenvalue weighted by Gasteiger charge is -2.32. The lowest BCUT2D eigenvalue weighted by Crippen LogP contribution is -2.46. The second-order valence-corrected chi connectivity index (χ2v) is 6.40. The number of aromatic nitrogens is 2. The number of aliphatic imine (C=N–C) groups is 1. The van der Waals surface area contributed by atoms with E-state index in [0.29, 0.717) is 6.04 Å². The van der Waals surface area contributed by atoms with E-state index in [1.54, 1.807) is 0 Å². The number of guanidine groups is 1. The second-order valence-electron chi connectivity index (χ2n) is 6.40. The van der Waals surface area contributed by atoms with Crippen molar-refractivity contribution in [3.8, 4) is 0 Å². The molecule has 0 aliphatic carbocycles. The van der Waals surface area contributed by atoms with Crippen LogP contribution in [0.3, 0.4) is 0 Å². The minimum atomic E-state index is 0.641. The van der Waals surface area contributed by atoms with Gasteiger partial charge in [-0.1, -0.05) is 0 Å². The van der Waals surface area contributed by atoms with Crippen molar-refractivity contribution < 1.29 is 4.74 Å². The quantitative estimate of drug-likeness (QED) is 0.470. The van der Waals surface area contributed by atoms with Crippen LogP contribution in [0.25, 0.3) is 0 Å². The molecule has 2 fully saturated rings. The molecule has 134 valence electrons. The number of rotatable bonds is 6. The summed E-state index contributed by atoms with van der Waals surface area (Å²) < 4.78 is 7.43. The highest BCUT2D eigenvalue weighted by Gasteiger charge is 2.30. The highest BCUT2D eigenvalue weighted by molar-refractivity contribution is 5.80. The van der Waals surface area contributed by atoms with E-state index in [-0.39, 0.29) is 0 Å². The molecule has 0 aromatic carbocycles. The summed E-state index contributed by atoms with van der Waals surface area (Å²) >= 11 is 0. The largest absolute Gasteiger partial charge is 0.379 e. The lowest BCUT2D eigenvalue weighted by molar-refractivity contribution is 0.0195. The third kappa shape index (κ3) is 4.70. The first-order valence-electron chi connectivity index (χ1n) is 9.19. The lowest BCUT2D eigenvalue weighted by atomic mass is 10.2. The third-order valence-corrected chi connectivity index (χ3v) is 4.73. The number of morpholine rings is 1. The van der Waals surface area contributed by atoms with E-state index < -0.39 is 0 Å². The van der Waals surface area contributed by atoms with E-state index in [9.17, 15) is 0 Å². The van der Waals surface area contributed by atoms with Gasteiger partial charge in [0.15, 0.2) is 5.96 Å². The Morgan fingerprint density at radius 2 is 2.21 bits per heavy atom. The highest BCUT2D eigenvalue weighted by Crippen LogP contribution is 2.17. The monoisotopic (exact) mass is 334 g/mol. The molecular weight excluding hydrogens is 304 g/mol. The van der Waals surface area contributed by atoms with Crippen molar-refractivity contribution in [1.82, 2.24) is 24.9 Å². The van der Waals surface area contributed by atoms with Crippen LogP contribution in [0.5, 0.6) is 0 Å². The summed E-state index contributed by atoms with van der Waals surface area (Å²) in [6, 6.07) is 2.60. The van der Waals surface area contributed by atoms with Gasteiger partial charge in [0.1, 0.15) is 0 Å². The predicted molar refractivity (Wildman–Crippen MR) is 95.2 cm³/mol. The fourth-order valence-electron chi connectivity index (χ4n) is 3.45. The Morgan fingerprint density at radius 1 is 1.33 bits per heavy atom. The molecule has 0 saturated carbocycles. The van der Waals surface area contributed by atoms with E-state index >= 15 is 0 Å². The summed E-state index contributed by atoms with van der Waals surface area (Å²) in [6.07, 6.45) is 6.06. The first-order chi connectivity index (χ1) is 11.9. The first-order valence-corrected chi connectivity index (χ1v) is 9.19. The topological polar surface area (TPSA) is 57.9 Å². The number of ether oxygens (including phenoxy) is 1. The molecule has 0 amide bonds. The molecule has 1 atom stereocenters. The minimum absolute atomic E-state index is 0.641. The molecule has 24 heavy (non-hydrogen) atoms. The Kier molecular flexibility index (Phi) is 6.48. The van der Waals surface area contributed by atoms with Crippen LogP contribution >= 0.6 is 0 Å². The molecule has 7 heteroatoms. The van der Waals surface area contributed by atoms with Gasteiger partial charge in [0.05, 0.1) is 13.2 Å². The average molecular weight is 334 g/mol. The molecule has 1 aromatic heterocycles. The van der Waals surface area contributed by atoms with E-state index in [1.165, 1.54) is 6.42 Å². The molecule has 2 aliphatic rings. The van der Waals surface area contributed by atoms with Gasteiger partial charge in [-0.3, -0.25) is 14.6 Å². The van der Waals surface area contributed by atoms with Gasteiger partial charge in [-0.25, -0.2) is 0 Å². The summed E-state index contributed by atoms with van der Waals surface area (Å²) in [5.74, 6) is 1.06. The van der Waals surface area contributed by atoms with Gasteiger partial charge in [-0.15, -0.1) is 0 Å². The smallest absolute Gasteiger partial charge is 0.193 e. The van der Waals surface area contributed by atoms with Gasteiger partial charge in [0.2, 0.25) is 0 Å². The van der Waals surface area contributed by atoms with Crippen molar-refractivity contribution >= 4 is 5.96 Å². The summed E-state index contributed by atoms with van der Waals surface area (Å²) in [5, 5.41) is 7.69. The van der Waals surface area contributed by atoms with Crippen molar-refractivity contribution in [3.05, 3.63) is 18.5 Å². The van der Waals surface area contributed by atoms with Gasteiger partial charge in [0, 0.05) is 64.2 Å². The Labute approximate surface area is 144 Å². The molecule has 1 N–H and O–H groups in total. The highest BCUT2D eigenvalue weighted by atomic mass is 16.5. The zero-order valence-electron chi connectivity index (χ0n) is 14.7. The Hall–Kier alpha value is -1.60. The van der Waals surface area contributed by atoms with E-state index in [2.05, 4.69) is 27.1 Å². The zero-order chi connectivity index (χ0) is 16.6. The SMILES string of the molecule is CCNC(=NCCCn1cccn1)N1CCC(N2CCOCC2)C1. The number of aryl methyl sites for hydroxylation is 1. The predicted octanol–water partition coefficient (Wildman–Crippen LogP) is 0.645. The molecule has 0 spiro atoms. The standard InChI is InChI=1S/C17H30N6O/c1-2-18-17(19-6-3-8-23-9-4-7-20-23)22-10-5-16(15-22)21-11-13-24-14-12-21/h4,7,9,16H,2-3,5-6,8,10-15H2,1H3,(H,18,19). The van der Waals surface area contributed by atoms with Gasteiger partial charge >= 0.3 is 0 Å². The third-order valence-electron chi connectivity index (χ3n) is 4.73. The van der Waals surface area contributed by atoms with Crippen molar-refractivity contribution in [2.75, 3.05) is 52.5 Å². The molecule has 1 unspecified atom stereocenters. The van der Waals surface area contributed by atoms with Crippen LogP contribution in [0.1, 0.15) is 19.8 Å². The number of nitrogens with zero attached hydrogens (tertiary/aromatic N) is 5. The minimum Gasteiger partial charge on any atom is -0.379 e. The molecule has 7 nitrogen and oxygen atoms in total. The van der Waals surface area contributed by atoms with Gasteiger partial charge in [-0.2, -0.15) is 5.10 Å². The maximum atomic E-state index is 5.47. The fourth-order valence-corrected chi connectivity index (χ4v) is 3.45. The molecular formula is C17H30N6O. The van der Waals surface area contributed by atoms with E-state index in [0.717, 1.165) is 71.4 Å². The Morgan fingerprint density at radius 3 is 2.96 bits per heavy atom. The molecule has 2 aliphatic heterocycles. The van der Waals surface area contributed by atoms with Crippen molar-refractivity contribution in [1.29, 1.82) is 0 Å². The van der Waals surface area contributed by atoms with Crippen molar-refractivity contribution in [2.24, 2.45) is 4.99 Å². The summed E-state index contributed by atoms with van der Waals surface area (Å²) in [4.78, 5) is 9.81. The average Bonchev–Trinajstić information content (AvgIpc) is 3.30. The summed E-state index contributed by atoms with van der Waals surface area (Å²) in [7, 11) is 0. The van der Waals surface area contributed by atoms with Gasteiger partial charge < -0.3 is 15.0 Å². The summed E-state index contributed by atoms with van der Waals surface area (Å²) in [5.41, 5.74) is 0. The molecule has 3 rings (SSSR count). The maximum Gasteiger partial charge on any atom is 0.193 e. The van der Waals surface area contributed by atoms with Crippen LogP contribution in [0.4, 0.5) is 0 Å². The maximum absolute atomic E-state index is 5.47. The van der Waals surface area contributed by atoms with Crippen LogP contribution in [0.15, 0.2) is 23.5 Å². The number of hydrogen-bond donors (Lipinski definition) is 1. The summed E-state index contributed by atoms with van der Waals surface area (Å²) in [6.45, 7) is 10.8.